The van der Waals surface area contributed by atoms with Crippen molar-refractivity contribution in [1.82, 2.24) is 4.98 Å². The topological polar surface area (TPSA) is 60.5 Å². The zero-order valence-electron chi connectivity index (χ0n) is 9.49. The third-order valence-electron chi connectivity index (χ3n) is 1.77. The molecule has 1 aromatic heterocycles. The van der Waals surface area contributed by atoms with Crippen LogP contribution in [0.4, 0.5) is 5.00 Å². The maximum Gasteiger partial charge on any atom is 0.360 e. The van der Waals surface area contributed by atoms with Crippen molar-refractivity contribution in [3.05, 3.63) is 11.2 Å². The maximum absolute atomic E-state index is 11.5. The van der Waals surface area contributed by atoms with E-state index in [9.17, 15) is 4.79 Å². The average molecular weight is 244 g/mol. The predicted molar refractivity (Wildman–Crippen MR) is 63.1 cm³/mol. The molecule has 90 valence electrons. The second-order valence-electron chi connectivity index (χ2n) is 2.87. The Morgan fingerprint density at radius 1 is 1.50 bits per heavy atom. The van der Waals surface area contributed by atoms with Gasteiger partial charge in [-0.25, -0.2) is 9.78 Å². The molecular weight excluding hydrogens is 228 g/mol. The van der Waals surface area contributed by atoms with Gasteiger partial charge in [-0.15, -0.1) is 11.3 Å². The number of hydrogen-bond acceptors (Lipinski definition) is 6. The molecular formula is C10H16N2O3S. The summed E-state index contributed by atoms with van der Waals surface area (Å²) in [5.74, 6) is -0.386. The lowest BCUT2D eigenvalue weighted by molar-refractivity contribution is 0.0521. The van der Waals surface area contributed by atoms with Crippen molar-refractivity contribution in [2.24, 2.45) is 0 Å². The summed E-state index contributed by atoms with van der Waals surface area (Å²) in [6.45, 7) is 6.02. The zero-order valence-corrected chi connectivity index (χ0v) is 10.3. The number of hydrogen-bond donors (Lipinski definition) is 1. The summed E-state index contributed by atoms with van der Waals surface area (Å²) in [7, 11) is 0. The fourth-order valence-electron chi connectivity index (χ4n) is 1.10. The first-order valence-electron chi connectivity index (χ1n) is 5.21. The lowest BCUT2D eigenvalue weighted by atomic mass is 10.4. The first-order valence-corrected chi connectivity index (χ1v) is 6.09. The highest BCUT2D eigenvalue weighted by molar-refractivity contribution is 7.14. The van der Waals surface area contributed by atoms with Gasteiger partial charge in [0.25, 0.3) is 0 Å². The minimum atomic E-state index is -0.386. The van der Waals surface area contributed by atoms with Crippen molar-refractivity contribution in [2.45, 2.75) is 13.8 Å². The lowest BCUT2D eigenvalue weighted by Gasteiger charge is -2.05. The number of nitrogens with one attached hydrogen (secondary N) is 1. The molecule has 0 atom stereocenters. The van der Waals surface area contributed by atoms with Crippen molar-refractivity contribution in [3.63, 3.8) is 0 Å². The van der Waals surface area contributed by atoms with Crippen LogP contribution in [0.25, 0.3) is 0 Å². The van der Waals surface area contributed by atoms with Crippen molar-refractivity contribution in [3.8, 4) is 0 Å². The summed E-state index contributed by atoms with van der Waals surface area (Å²) in [6.07, 6.45) is 0. The van der Waals surface area contributed by atoms with E-state index in [2.05, 4.69) is 10.3 Å². The molecule has 0 aromatic carbocycles. The predicted octanol–water partition coefficient (Wildman–Crippen LogP) is 1.77. The van der Waals surface area contributed by atoms with E-state index >= 15 is 0 Å². The monoisotopic (exact) mass is 244 g/mol. The van der Waals surface area contributed by atoms with Crippen molar-refractivity contribution in [1.29, 1.82) is 0 Å². The SMILES string of the molecule is CCOCCNc1scnc1C(=O)OCC. The number of nitrogens with zero attached hydrogens (tertiary/aromatic N) is 1. The molecule has 1 rings (SSSR count). The summed E-state index contributed by atoms with van der Waals surface area (Å²) in [4.78, 5) is 15.4. The second-order valence-corrected chi connectivity index (χ2v) is 3.73. The Morgan fingerprint density at radius 3 is 3.00 bits per heavy atom. The lowest BCUT2D eigenvalue weighted by Crippen LogP contribution is -2.12. The van der Waals surface area contributed by atoms with Crippen LogP contribution < -0.4 is 5.32 Å². The normalized spacial score (nSPS) is 10.1. The van der Waals surface area contributed by atoms with Gasteiger partial charge in [0.1, 0.15) is 5.00 Å². The Bertz CT molecular complexity index is 328. The van der Waals surface area contributed by atoms with Crippen LogP contribution in [0, 0.1) is 0 Å². The van der Waals surface area contributed by atoms with Crippen LogP contribution in [-0.2, 0) is 9.47 Å². The number of esters is 1. The summed E-state index contributed by atoms with van der Waals surface area (Å²) in [6, 6.07) is 0. The number of carbonyl (C=O) groups excluding carboxylic acids is 1. The molecule has 5 nitrogen and oxygen atoms in total. The molecule has 0 bridgehead atoms. The van der Waals surface area contributed by atoms with Gasteiger partial charge in [-0.3, -0.25) is 0 Å². The molecule has 1 N–H and O–H groups in total. The van der Waals surface area contributed by atoms with Crippen molar-refractivity contribution in [2.75, 3.05) is 31.7 Å². The molecule has 1 heterocycles. The largest absolute Gasteiger partial charge is 0.461 e. The highest BCUT2D eigenvalue weighted by atomic mass is 32.1. The Morgan fingerprint density at radius 2 is 2.31 bits per heavy atom. The zero-order chi connectivity index (χ0) is 11.8. The van der Waals surface area contributed by atoms with E-state index in [-0.39, 0.29) is 5.97 Å². The van der Waals surface area contributed by atoms with Crippen LogP contribution in [0.1, 0.15) is 24.3 Å². The molecule has 0 fully saturated rings. The summed E-state index contributed by atoms with van der Waals surface area (Å²) in [5, 5.41) is 3.83. The van der Waals surface area contributed by atoms with E-state index in [0.717, 1.165) is 5.00 Å². The van der Waals surface area contributed by atoms with Gasteiger partial charge in [-0.1, -0.05) is 0 Å². The number of thiazole rings is 1. The molecule has 0 amide bonds. The molecule has 1 aromatic rings. The van der Waals surface area contributed by atoms with Crippen molar-refractivity contribution >= 4 is 22.3 Å². The van der Waals surface area contributed by atoms with Crippen LogP contribution in [0.3, 0.4) is 0 Å². The molecule has 16 heavy (non-hydrogen) atoms. The summed E-state index contributed by atoms with van der Waals surface area (Å²) in [5.41, 5.74) is 1.97. The van der Waals surface area contributed by atoms with E-state index in [1.54, 1.807) is 12.4 Å². The Hall–Kier alpha value is -1.14. The minimum Gasteiger partial charge on any atom is -0.461 e. The third-order valence-corrected chi connectivity index (χ3v) is 2.56. The van der Waals surface area contributed by atoms with Gasteiger partial charge in [0.2, 0.25) is 0 Å². The van der Waals surface area contributed by atoms with E-state index in [4.69, 9.17) is 9.47 Å². The fourth-order valence-corrected chi connectivity index (χ4v) is 1.79. The quantitative estimate of drug-likeness (QED) is 0.585. The molecule has 0 aliphatic rings. The molecule has 0 unspecified atom stereocenters. The van der Waals surface area contributed by atoms with Gasteiger partial charge in [0.15, 0.2) is 5.69 Å². The van der Waals surface area contributed by atoms with Gasteiger partial charge in [-0.2, -0.15) is 0 Å². The first kappa shape index (κ1) is 12.9. The average Bonchev–Trinajstić information content (AvgIpc) is 2.73. The number of aromatic nitrogens is 1. The number of anilines is 1. The van der Waals surface area contributed by atoms with Gasteiger partial charge < -0.3 is 14.8 Å². The van der Waals surface area contributed by atoms with Gasteiger partial charge in [0.05, 0.1) is 18.7 Å². The molecule has 0 spiro atoms. The van der Waals surface area contributed by atoms with Crippen LogP contribution in [0.5, 0.6) is 0 Å². The minimum absolute atomic E-state index is 0.350. The molecule has 0 radical (unpaired) electrons. The van der Waals surface area contributed by atoms with Gasteiger partial charge in [-0.05, 0) is 13.8 Å². The first-order chi connectivity index (χ1) is 7.79. The summed E-state index contributed by atoms with van der Waals surface area (Å²) >= 11 is 1.38. The number of carbonyl (C=O) groups is 1. The third kappa shape index (κ3) is 3.79. The Kier molecular flexibility index (Phi) is 5.81. The van der Waals surface area contributed by atoms with E-state index < -0.39 is 0 Å². The van der Waals surface area contributed by atoms with Crippen LogP contribution >= 0.6 is 11.3 Å². The highest BCUT2D eigenvalue weighted by Crippen LogP contribution is 2.20. The van der Waals surface area contributed by atoms with Gasteiger partial charge in [0, 0.05) is 13.2 Å². The van der Waals surface area contributed by atoms with Crippen molar-refractivity contribution < 1.29 is 14.3 Å². The van der Waals surface area contributed by atoms with Crippen LogP contribution in [0.2, 0.25) is 0 Å². The molecule has 0 aliphatic carbocycles. The van der Waals surface area contributed by atoms with Crippen LogP contribution in [0.15, 0.2) is 5.51 Å². The molecule has 0 saturated carbocycles. The van der Waals surface area contributed by atoms with E-state index in [1.165, 1.54) is 11.3 Å². The van der Waals surface area contributed by atoms with E-state index in [1.807, 2.05) is 6.92 Å². The molecule has 0 aliphatic heterocycles. The van der Waals surface area contributed by atoms with Crippen LogP contribution in [-0.4, -0.2) is 37.3 Å². The molecule has 0 saturated heterocycles. The maximum atomic E-state index is 11.5. The van der Waals surface area contributed by atoms with E-state index in [0.29, 0.717) is 32.1 Å². The summed E-state index contributed by atoms with van der Waals surface area (Å²) < 4.78 is 10.1. The fraction of sp³-hybridized carbons (Fsp3) is 0.600. The number of rotatable bonds is 7. The Balaban J connectivity index is 2.47. The van der Waals surface area contributed by atoms with Gasteiger partial charge >= 0.3 is 5.97 Å². The smallest absolute Gasteiger partial charge is 0.360 e. The standard InChI is InChI=1S/C10H16N2O3S/c1-3-14-6-5-11-9-8(12-7-16-9)10(13)15-4-2/h7,11H,3-6H2,1-2H3. The Labute approximate surface area is 98.8 Å². The highest BCUT2D eigenvalue weighted by Gasteiger charge is 2.15. The molecule has 6 heteroatoms. The number of ether oxygens (including phenoxy) is 2. The second kappa shape index (κ2) is 7.19.